The second-order valence-electron chi connectivity index (χ2n) is 7.89. The van der Waals surface area contributed by atoms with Crippen molar-refractivity contribution >= 4 is 63.5 Å². The molecule has 9 nitrogen and oxygen atoms in total. The summed E-state index contributed by atoms with van der Waals surface area (Å²) in [7, 11) is 0. The van der Waals surface area contributed by atoms with Crippen molar-refractivity contribution < 1.29 is 14.5 Å². The van der Waals surface area contributed by atoms with Crippen LogP contribution in [0.3, 0.4) is 0 Å². The molecular formula is C22H23Cl2N5O4S. The molecule has 2 aromatic carbocycles. The molecule has 0 unspecified atom stereocenters. The van der Waals surface area contributed by atoms with Crippen LogP contribution in [0.25, 0.3) is 0 Å². The number of piperazine rings is 1. The van der Waals surface area contributed by atoms with Gasteiger partial charge < -0.3 is 19.4 Å². The predicted octanol–water partition coefficient (Wildman–Crippen LogP) is 3.58. The van der Waals surface area contributed by atoms with Crippen LogP contribution in [0, 0.1) is 10.1 Å². The molecule has 0 aromatic heterocycles. The number of nitrogens with zero attached hydrogens (tertiary/aromatic N) is 4. The number of hydrogen-bond donors (Lipinski definition) is 1. The van der Waals surface area contributed by atoms with Crippen molar-refractivity contribution in [3.8, 4) is 0 Å². The van der Waals surface area contributed by atoms with Crippen LogP contribution in [0.1, 0.15) is 10.4 Å². The summed E-state index contributed by atoms with van der Waals surface area (Å²) >= 11 is 17.5. The van der Waals surface area contributed by atoms with E-state index in [4.69, 9.17) is 40.2 Å². The molecule has 0 atom stereocenters. The van der Waals surface area contributed by atoms with Gasteiger partial charge in [0.05, 0.1) is 28.7 Å². The summed E-state index contributed by atoms with van der Waals surface area (Å²) in [4.78, 5) is 29.8. The summed E-state index contributed by atoms with van der Waals surface area (Å²) in [5.41, 5.74) is 1.91. The molecule has 1 amide bonds. The van der Waals surface area contributed by atoms with Gasteiger partial charge in [-0.3, -0.25) is 20.2 Å². The Morgan fingerprint density at radius 3 is 2.35 bits per heavy atom. The molecule has 2 aliphatic rings. The average Bonchev–Trinajstić information content (AvgIpc) is 2.84. The molecule has 2 heterocycles. The Morgan fingerprint density at radius 2 is 1.71 bits per heavy atom. The Bertz CT molecular complexity index is 1100. The molecule has 2 fully saturated rings. The Balaban J connectivity index is 1.39. The fourth-order valence-corrected chi connectivity index (χ4v) is 4.77. The number of rotatable bonds is 4. The number of amides is 1. The van der Waals surface area contributed by atoms with Gasteiger partial charge in [-0.25, -0.2) is 0 Å². The van der Waals surface area contributed by atoms with Crippen LogP contribution in [0.15, 0.2) is 36.4 Å². The lowest BCUT2D eigenvalue weighted by Gasteiger charge is -2.37. The Morgan fingerprint density at radius 1 is 1.00 bits per heavy atom. The van der Waals surface area contributed by atoms with E-state index in [1.165, 1.54) is 6.07 Å². The highest BCUT2D eigenvalue weighted by atomic mass is 35.5. The fourth-order valence-electron chi connectivity index (χ4n) is 4.01. The Labute approximate surface area is 212 Å². The van der Waals surface area contributed by atoms with Crippen LogP contribution in [-0.2, 0) is 4.74 Å². The van der Waals surface area contributed by atoms with Crippen molar-refractivity contribution in [1.29, 1.82) is 0 Å². The van der Waals surface area contributed by atoms with Gasteiger partial charge in [0.25, 0.3) is 11.6 Å². The minimum Gasteiger partial charge on any atom is -0.378 e. The smallest absolute Gasteiger partial charge is 0.292 e. The highest BCUT2D eigenvalue weighted by Crippen LogP contribution is 2.33. The number of nitro groups is 1. The number of ether oxygens (including phenoxy) is 1. The molecular weight excluding hydrogens is 501 g/mol. The van der Waals surface area contributed by atoms with Crippen molar-refractivity contribution in [3.63, 3.8) is 0 Å². The minimum atomic E-state index is -0.389. The lowest BCUT2D eigenvalue weighted by molar-refractivity contribution is -0.384. The van der Waals surface area contributed by atoms with Gasteiger partial charge in [0.15, 0.2) is 5.11 Å². The number of thiocarbonyl (C=S) groups is 1. The van der Waals surface area contributed by atoms with E-state index in [-0.39, 0.29) is 21.5 Å². The molecule has 0 saturated carbocycles. The standard InChI is InChI=1S/C22H23Cl2N5O4S/c23-15-1-3-17(18(24)13-15)21(30)25-22(34)28-7-5-26(6-8-28)16-2-4-19(29(31)32)20(14-16)27-9-11-33-12-10-27/h1-4,13-14H,5-12H2,(H,25,30,34). The second kappa shape index (κ2) is 10.7. The van der Waals surface area contributed by atoms with Crippen molar-refractivity contribution in [2.45, 2.75) is 0 Å². The third-order valence-corrected chi connectivity index (χ3v) is 6.74. The zero-order valence-electron chi connectivity index (χ0n) is 18.2. The number of benzene rings is 2. The first-order chi connectivity index (χ1) is 16.3. The van der Waals surface area contributed by atoms with Crippen LogP contribution in [0.2, 0.25) is 10.0 Å². The van der Waals surface area contributed by atoms with Gasteiger partial charge in [0.1, 0.15) is 5.69 Å². The van der Waals surface area contributed by atoms with E-state index in [9.17, 15) is 14.9 Å². The third kappa shape index (κ3) is 5.52. The SMILES string of the molecule is O=C(NC(=S)N1CCN(c2ccc([N+](=O)[O-])c(N3CCOCC3)c2)CC1)c1ccc(Cl)cc1Cl. The molecule has 2 saturated heterocycles. The zero-order valence-corrected chi connectivity index (χ0v) is 20.5. The van der Waals surface area contributed by atoms with E-state index >= 15 is 0 Å². The topological polar surface area (TPSA) is 91.2 Å². The molecule has 0 spiro atoms. The molecule has 180 valence electrons. The summed E-state index contributed by atoms with van der Waals surface area (Å²) in [5, 5.41) is 15.3. The number of nitrogens with one attached hydrogen (secondary N) is 1. The molecule has 0 aliphatic carbocycles. The normalized spacial score (nSPS) is 16.4. The molecule has 0 radical (unpaired) electrons. The number of morpholine rings is 1. The van der Waals surface area contributed by atoms with E-state index < -0.39 is 0 Å². The molecule has 0 bridgehead atoms. The Hall–Kier alpha value is -2.66. The van der Waals surface area contributed by atoms with E-state index in [1.54, 1.807) is 24.3 Å². The number of halogens is 2. The van der Waals surface area contributed by atoms with Crippen molar-refractivity contribution in [1.82, 2.24) is 10.2 Å². The summed E-state index contributed by atoms with van der Waals surface area (Å²) in [5.74, 6) is -0.389. The van der Waals surface area contributed by atoms with Crippen molar-refractivity contribution in [2.75, 3.05) is 62.3 Å². The number of carbonyl (C=O) groups excluding carboxylic acids is 1. The number of carbonyl (C=O) groups is 1. The van der Waals surface area contributed by atoms with E-state index in [0.29, 0.717) is 73.9 Å². The molecule has 34 heavy (non-hydrogen) atoms. The second-order valence-corrected chi connectivity index (χ2v) is 9.12. The highest BCUT2D eigenvalue weighted by molar-refractivity contribution is 7.80. The molecule has 12 heteroatoms. The lowest BCUT2D eigenvalue weighted by Crippen LogP contribution is -2.52. The highest BCUT2D eigenvalue weighted by Gasteiger charge is 2.25. The Kier molecular flexibility index (Phi) is 7.72. The van der Waals surface area contributed by atoms with E-state index in [1.807, 2.05) is 15.9 Å². The summed E-state index contributed by atoms with van der Waals surface area (Å²) < 4.78 is 5.39. The number of nitro benzene ring substituents is 1. The predicted molar refractivity (Wildman–Crippen MR) is 136 cm³/mol. The quantitative estimate of drug-likeness (QED) is 0.369. The minimum absolute atomic E-state index is 0.0917. The first kappa shape index (κ1) is 24.5. The van der Waals surface area contributed by atoms with Gasteiger partial charge >= 0.3 is 0 Å². The van der Waals surface area contributed by atoms with Gasteiger partial charge in [-0.15, -0.1) is 0 Å². The zero-order chi connectivity index (χ0) is 24.2. The van der Waals surface area contributed by atoms with Gasteiger partial charge in [-0.1, -0.05) is 23.2 Å². The molecule has 4 rings (SSSR count). The van der Waals surface area contributed by atoms with E-state index in [2.05, 4.69) is 10.2 Å². The maximum Gasteiger partial charge on any atom is 0.292 e. The number of hydrogen-bond acceptors (Lipinski definition) is 7. The maximum absolute atomic E-state index is 12.6. The fraction of sp³-hybridized carbons (Fsp3) is 0.364. The monoisotopic (exact) mass is 523 g/mol. The van der Waals surface area contributed by atoms with Crippen molar-refractivity contribution in [2.24, 2.45) is 0 Å². The van der Waals surface area contributed by atoms with Crippen LogP contribution in [-0.4, -0.2) is 73.3 Å². The summed E-state index contributed by atoms with van der Waals surface area (Å²) in [6.45, 7) is 4.81. The lowest BCUT2D eigenvalue weighted by atomic mass is 10.1. The summed E-state index contributed by atoms with van der Waals surface area (Å²) in [6.07, 6.45) is 0. The first-order valence-corrected chi connectivity index (χ1v) is 11.9. The van der Waals surface area contributed by atoms with Crippen LogP contribution in [0.5, 0.6) is 0 Å². The largest absolute Gasteiger partial charge is 0.378 e. The van der Waals surface area contributed by atoms with Gasteiger partial charge in [-0.05, 0) is 42.5 Å². The molecule has 1 N–H and O–H groups in total. The van der Waals surface area contributed by atoms with Crippen LogP contribution >= 0.6 is 35.4 Å². The average molecular weight is 524 g/mol. The third-order valence-electron chi connectivity index (χ3n) is 5.84. The van der Waals surface area contributed by atoms with Crippen LogP contribution < -0.4 is 15.1 Å². The number of anilines is 2. The van der Waals surface area contributed by atoms with Crippen LogP contribution in [0.4, 0.5) is 17.1 Å². The summed E-state index contributed by atoms with van der Waals surface area (Å²) in [6, 6.07) is 9.88. The van der Waals surface area contributed by atoms with Gasteiger partial charge in [0, 0.05) is 56.0 Å². The first-order valence-electron chi connectivity index (χ1n) is 10.7. The van der Waals surface area contributed by atoms with Gasteiger partial charge in [0.2, 0.25) is 0 Å². The molecule has 2 aliphatic heterocycles. The van der Waals surface area contributed by atoms with Crippen molar-refractivity contribution in [3.05, 3.63) is 62.1 Å². The van der Waals surface area contributed by atoms with Gasteiger partial charge in [-0.2, -0.15) is 0 Å². The maximum atomic E-state index is 12.6. The van der Waals surface area contributed by atoms with E-state index in [0.717, 1.165) is 5.69 Å². The molecule has 2 aromatic rings.